The predicted molar refractivity (Wildman–Crippen MR) is 145 cm³/mol. The monoisotopic (exact) mass is 656 g/mol. The molecule has 0 saturated carbocycles. The van der Waals surface area contributed by atoms with Gasteiger partial charge >= 0.3 is 30.7 Å². The molecule has 0 N–H and O–H groups in total. The number of halogens is 9. The first-order valence-electron chi connectivity index (χ1n) is 14.0. The summed E-state index contributed by atoms with van der Waals surface area (Å²) in [6, 6.07) is 1.08. The number of amides is 2. The Kier molecular flexibility index (Phi) is 10.3. The standard InChI is InChI=1S/C30H33F9N2O4/c1-15(2)24-13-25(22-12-19(28(31,32)33)7-8-23(22)41(24)27(43)45-17(5)6)40(26(42)44-16(3)4)14-18-9-20(29(34,35)36)11-21(10-18)30(37,38)39/h7-12,15-17,24-25H,13-14H2,1-6H3/t24-,25-/m1/s1. The molecule has 250 valence electrons. The van der Waals surface area contributed by atoms with Gasteiger partial charge in [-0.2, -0.15) is 39.5 Å². The van der Waals surface area contributed by atoms with Crippen LogP contribution in [-0.4, -0.2) is 35.3 Å². The average molecular weight is 657 g/mol. The zero-order chi connectivity index (χ0) is 34.2. The number of rotatable bonds is 6. The van der Waals surface area contributed by atoms with Crippen LogP contribution in [0.15, 0.2) is 36.4 Å². The highest BCUT2D eigenvalue weighted by atomic mass is 19.4. The number of fused-ring (bicyclic) bond motifs is 1. The Morgan fingerprint density at radius 3 is 1.73 bits per heavy atom. The van der Waals surface area contributed by atoms with Gasteiger partial charge in [0.1, 0.15) is 0 Å². The number of anilines is 1. The molecule has 0 aliphatic carbocycles. The van der Waals surface area contributed by atoms with E-state index in [2.05, 4.69) is 0 Å². The van der Waals surface area contributed by atoms with Crippen molar-refractivity contribution in [2.45, 2.75) is 97.3 Å². The first kappa shape index (κ1) is 35.8. The lowest BCUT2D eigenvalue weighted by atomic mass is 9.84. The molecule has 3 rings (SSSR count). The van der Waals surface area contributed by atoms with Gasteiger partial charge in [-0.15, -0.1) is 0 Å². The predicted octanol–water partition coefficient (Wildman–Crippen LogP) is 9.61. The largest absolute Gasteiger partial charge is 0.447 e. The Morgan fingerprint density at radius 2 is 1.29 bits per heavy atom. The van der Waals surface area contributed by atoms with Gasteiger partial charge in [0.25, 0.3) is 0 Å². The summed E-state index contributed by atoms with van der Waals surface area (Å²) in [5.74, 6) is -0.393. The van der Waals surface area contributed by atoms with Gasteiger partial charge < -0.3 is 9.47 Å². The molecule has 0 radical (unpaired) electrons. The van der Waals surface area contributed by atoms with Gasteiger partial charge in [-0.1, -0.05) is 13.8 Å². The number of benzene rings is 2. The van der Waals surface area contributed by atoms with Crippen molar-refractivity contribution in [3.05, 3.63) is 64.2 Å². The SMILES string of the molecule is CC(C)OC(=O)N(Cc1cc(C(F)(F)F)cc(C(F)(F)F)c1)[C@@H]1C[C@H](C(C)C)N(C(=O)OC(C)C)c2ccc(C(F)(F)F)cc21. The molecule has 0 fully saturated rings. The van der Waals surface area contributed by atoms with Crippen molar-refractivity contribution in [2.75, 3.05) is 4.90 Å². The summed E-state index contributed by atoms with van der Waals surface area (Å²) < 4.78 is 134. The maximum absolute atomic E-state index is 13.9. The van der Waals surface area contributed by atoms with E-state index in [1.165, 1.54) is 13.8 Å². The highest BCUT2D eigenvalue weighted by Gasteiger charge is 2.45. The lowest BCUT2D eigenvalue weighted by Gasteiger charge is -2.45. The lowest BCUT2D eigenvalue weighted by molar-refractivity contribution is -0.143. The molecular weight excluding hydrogens is 623 g/mol. The van der Waals surface area contributed by atoms with Gasteiger partial charge in [0, 0.05) is 12.6 Å². The molecule has 2 aromatic carbocycles. The maximum Gasteiger partial charge on any atom is 0.416 e. The number of carbonyl (C=O) groups excluding carboxylic acids is 2. The molecule has 0 unspecified atom stereocenters. The number of alkyl halides is 9. The van der Waals surface area contributed by atoms with Crippen LogP contribution in [0.5, 0.6) is 0 Å². The summed E-state index contributed by atoms with van der Waals surface area (Å²) in [5, 5.41) is 0. The fourth-order valence-electron chi connectivity index (χ4n) is 5.09. The highest BCUT2D eigenvalue weighted by molar-refractivity contribution is 5.91. The smallest absolute Gasteiger partial charge is 0.416 e. The van der Waals surface area contributed by atoms with Crippen molar-refractivity contribution in [3.8, 4) is 0 Å². The van der Waals surface area contributed by atoms with E-state index in [1.54, 1.807) is 27.7 Å². The second-order valence-electron chi connectivity index (χ2n) is 11.6. The molecule has 2 amide bonds. The van der Waals surface area contributed by atoms with E-state index >= 15 is 0 Å². The summed E-state index contributed by atoms with van der Waals surface area (Å²) in [7, 11) is 0. The summed E-state index contributed by atoms with van der Waals surface area (Å²) in [5.41, 5.74) is -5.28. The highest BCUT2D eigenvalue weighted by Crippen LogP contribution is 2.46. The Balaban J connectivity index is 2.30. The van der Waals surface area contributed by atoms with Crippen LogP contribution < -0.4 is 4.90 Å². The van der Waals surface area contributed by atoms with Crippen molar-refractivity contribution >= 4 is 17.9 Å². The molecule has 15 heteroatoms. The van der Waals surface area contributed by atoms with Crippen LogP contribution in [0.4, 0.5) is 54.8 Å². The van der Waals surface area contributed by atoms with E-state index in [1.807, 2.05) is 0 Å². The third-order valence-electron chi connectivity index (χ3n) is 7.02. The van der Waals surface area contributed by atoms with E-state index < -0.39 is 89.7 Å². The van der Waals surface area contributed by atoms with E-state index in [9.17, 15) is 49.1 Å². The van der Waals surface area contributed by atoms with Crippen molar-refractivity contribution < 1.29 is 58.6 Å². The van der Waals surface area contributed by atoms with E-state index in [-0.39, 0.29) is 23.7 Å². The van der Waals surface area contributed by atoms with Crippen molar-refractivity contribution in [3.63, 3.8) is 0 Å². The number of ether oxygens (including phenoxy) is 2. The quantitative estimate of drug-likeness (QED) is 0.291. The summed E-state index contributed by atoms with van der Waals surface area (Å²) >= 11 is 0. The second kappa shape index (κ2) is 13.0. The van der Waals surface area contributed by atoms with Crippen molar-refractivity contribution in [1.29, 1.82) is 0 Å². The minimum atomic E-state index is -5.18. The summed E-state index contributed by atoms with van der Waals surface area (Å²) in [6.45, 7) is 8.53. The number of hydrogen-bond acceptors (Lipinski definition) is 4. The van der Waals surface area contributed by atoms with Crippen molar-refractivity contribution in [2.24, 2.45) is 5.92 Å². The van der Waals surface area contributed by atoms with E-state index in [0.29, 0.717) is 18.2 Å². The lowest BCUT2D eigenvalue weighted by Crippen LogP contribution is -2.51. The summed E-state index contributed by atoms with van der Waals surface area (Å²) in [6.07, 6.45) is -19.0. The normalized spacial score (nSPS) is 17.5. The van der Waals surface area contributed by atoms with Crippen LogP contribution >= 0.6 is 0 Å². The Bertz CT molecular complexity index is 1350. The number of hydrogen-bond donors (Lipinski definition) is 0. The molecule has 45 heavy (non-hydrogen) atoms. The van der Waals surface area contributed by atoms with Gasteiger partial charge in [0.05, 0.1) is 40.6 Å². The van der Waals surface area contributed by atoms with E-state index in [0.717, 1.165) is 21.9 Å². The van der Waals surface area contributed by atoms with Gasteiger partial charge in [-0.05, 0) is 87.6 Å². The molecule has 1 heterocycles. The first-order chi connectivity index (χ1) is 20.5. The topological polar surface area (TPSA) is 59.1 Å². The van der Waals surface area contributed by atoms with Crippen molar-refractivity contribution in [1.82, 2.24) is 4.90 Å². The fraction of sp³-hybridized carbons (Fsp3) is 0.533. The zero-order valence-corrected chi connectivity index (χ0v) is 25.2. The number of nitrogens with zero attached hydrogens (tertiary/aromatic N) is 2. The second-order valence-corrected chi connectivity index (χ2v) is 11.6. The van der Waals surface area contributed by atoms with E-state index in [4.69, 9.17) is 9.47 Å². The minimum absolute atomic E-state index is 0.0639. The molecule has 1 aliphatic heterocycles. The van der Waals surface area contributed by atoms with Crippen LogP contribution in [0.1, 0.15) is 81.8 Å². The van der Waals surface area contributed by atoms with Crippen LogP contribution in [0, 0.1) is 5.92 Å². The first-order valence-corrected chi connectivity index (χ1v) is 14.0. The molecule has 0 aromatic heterocycles. The maximum atomic E-state index is 13.9. The average Bonchev–Trinajstić information content (AvgIpc) is 2.87. The van der Waals surface area contributed by atoms with Crippen LogP contribution in [-0.2, 0) is 34.5 Å². The molecule has 2 atom stereocenters. The van der Waals surface area contributed by atoms with Gasteiger partial charge in [-0.3, -0.25) is 9.80 Å². The third kappa shape index (κ3) is 8.54. The molecule has 6 nitrogen and oxygen atoms in total. The Morgan fingerprint density at radius 1 is 0.778 bits per heavy atom. The summed E-state index contributed by atoms with van der Waals surface area (Å²) in [4.78, 5) is 28.7. The van der Waals surface area contributed by atoms with Crippen LogP contribution in [0.25, 0.3) is 0 Å². The van der Waals surface area contributed by atoms with Crippen LogP contribution in [0.2, 0.25) is 0 Å². The van der Waals surface area contributed by atoms with Gasteiger partial charge in [-0.25, -0.2) is 9.59 Å². The third-order valence-corrected chi connectivity index (χ3v) is 7.02. The fourth-order valence-corrected chi connectivity index (χ4v) is 5.09. The molecule has 1 aliphatic rings. The van der Waals surface area contributed by atoms with Gasteiger partial charge in [0.2, 0.25) is 0 Å². The zero-order valence-electron chi connectivity index (χ0n) is 25.2. The van der Waals surface area contributed by atoms with Crippen LogP contribution in [0.3, 0.4) is 0 Å². The Hall–Kier alpha value is -3.65. The molecule has 0 bridgehead atoms. The molecule has 0 spiro atoms. The molecular formula is C30H33F9N2O4. The number of carbonyl (C=O) groups is 2. The molecule has 2 aromatic rings. The Labute approximate surface area is 254 Å². The van der Waals surface area contributed by atoms with Gasteiger partial charge in [0.15, 0.2) is 0 Å². The minimum Gasteiger partial charge on any atom is -0.447 e. The molecule has 0 saturated heterocycles.